The molecule has 5 nitrogen and oxygen atoms in total. The van der Waals surface area contributed by atoms with Gasteiger partial charge in [-0.25, -0.2) is 15.0 Å². The van der Waals surface area contributed by atoms with Crippen LogP contribution in [0.3, 0.4) is 0 Å². The highest BCUT2D eigenvalue weighted by atomic mass is 32.2. The monoisotopic (exact) mass is 546 g/mol. The molecule has 200 valence electrons. The highest BCUT2D eigenvalue weighted by Crippen LogP contribution is 2.44. The number of hydrogen-bond donors (Lipinski definition) is 0. The van der Waals surface area contributed by atoms with Crippen molar-refractivity contribution in [3.8, 4) is 0 Å². The molecule has 4 aromatic rings. The van der Waals surface area contributed by atoms with E-state index >= 15 is 0 Å². The molecule has 2 aliphatic rings. The molecule has 2 aliphatic heterocycles. The SMILES string of the molecule is CSc1nc(N2CCC(Cc3ccccc3)CC2)c2sc3nc(CC(C)C)c4c(c3c2n1)CC(C)(C)OC4. The molecule has 3 aromatic heterocycles. The number of benzene rings is 1. The average molecular weight is 547 g/mol. The van der Waals surface area contributed by atoms with Crippen molar-refractivity contribution in [3.05, 3.63) is 52.7 Å². The van der Waals surface area contributed by atoms with Crippen molar-refractivity contribution in [2.24, 2.45) is 11.8 Å². The molecule has 0 aliphatic carbocycles. The van der Waals surface area contributed by atoms with Crippen molar-refractivity contribution in [3.63, 3.8) is 0 Å². The third-order valence-electron chi connectivity index (χ3n) is 8.00. The number of thioether (sulfide) groups is 1. The number of fused-ring (bicyclic) bond motifs is 5. The summed E-state index contributed by atoms with van der Waals surface area (Å²) in [5, 5.41) is 2.09. The zero-order chi connectivity index (χ0) is 26.4. The summed E-state index contributed by atoms with van der Waals surface area (Å²) in [6, 6.07) is 10.9. The van der Waals surface area contributed by atoms with Crippen LogP contribution in [0.25, 0.3) is 20.4 Å². The summed E-state index contributed by atoms with van der Waals surface area (Å²) in [5.74, 6) is 2.37. The maximum Gasteiger partial charge on any atom is 0.189 e. The Balaban J connectivity index is 1.41. The van der Waals surface area contributed by atoms with Gasteiger partial charge in [-0.3, -0.25) is 0 Å². The Labute approximate surface area is 234 Å². The topological polar surface area (TPSA) is 51.1 Å². The van der Waals surface area contributed by atoms with Gasteiger partial charge in [0.05, 0.1) is 22.4 Å². The molecule has 1 saturated heterocycles. The average Bonchev–Trinajstić information content (AvgIpc) is 3.26. The van der Waals surface area contributed by atoms with Gasteiger partial charge in [0.15, 0.2) is 11.0 Å². The Kier molecular flexibility index (Phi) is 7.12. The van der Waals surface area contributed by atoms with E-state index in [9.17, 15) is 0 Å². The number of anilines is 1. The summed E-state index contributed by atoms with van der Waals surface area (Å²) in [4.78, 5) is 19.1. The second-order valence-electron chi connectivity index (χ2n) is 12.0. The van der Waals surface area contributed by atoms with Gasteiger partial charge in [-0.1, -0.05) is 55.9 Å². The number of thiophene rings is 1. The highest BCUT2D eigenvalue weighted by Gasteiger charge is 2.33. The lowest BCUT2D eigenvalue weighted by Crippen LogP contribution is -2.35. The van der Waals surface area contributed by atoms with Crippen molar-refractivity contribution in [2.45, 2.75) is 77.2 Å². The Morgan fingerprint density at radius 2 is 1.84 bits per heavy atom. The van der Waals surface area contributed by atoms with Crippen molar-refractivity contribution in [1.29, 1.82) is 0 Å². The van der Waals surface area contributed by atoms with Crippen LogP contribution in [0.4, 0.5) is 5.82 Å². The van der Waals surface area contributed by atoms with Crippen LogP contribution >= 0.6 is 23.1 Å². The zero-order valence-electron chi connectivity index (χ0n) is 23.2. The summed E-state index contributed by atoms with van der Waals surface area (Å²) in [7, 11) is 0. The van der Waals surface area contributed by atoms with Crippen LogP contribution in [0.15, 0.2) is 35.5 Å². The second kappa shape index (κ2) is 10.4. The Hall–Kier alpha value is -2.22. The minimum absolute atomic E-state index is 0.191. The zero-order valence-corrected chi connectivity index (χ0v) is 24.8. The summed E-state index contributed by atoms with van der Waals surface area (Å²) >= 11 is 3.43. The predicted octanol–water partition coefficient (Wildman–Crippen LogP) is 7.47. The highest BCUT2D eigenvalue weighted by molar-refractivity contribution is 7.98. The van der Waals surface area contributed by atoms with Crippen molar-refractivity contribution < 1.29 is 4.74 Å². The lowest BCUT2D eigenvalue weighted by molar-refractivity contribution is -0.0402. The van der Waals surface area contributed by atoms with Crippen LogP contribution in [-0.4, -0.2) is 39.9 Å². The fourth-order valence-corrected chi connectivity index (χ4v) is 7.61. The van der Waals surface area contributed by atoms with E-state index in [0.717, 1.165) is 53.2 Å². The number of rotatable bonds is 6. The van der Waals surface area contributed by atoms with Crippen LogP contribution in [-0.2, 0) is 30.6 Å². The molecular formula is C31H38N4OS2. The normalized spacial score (nSPS) is 18.0. The van der Waals surface area contributed by atoms with E-state index in [4.69, 9.17) is 19.7 Å². The molecule has 0 amide bonds. The Bertz CT molecular complexity index is 1460. The molecule has 0 unspecified atom stereocenters. The molecule has 0 saturated carbocycles. The van der Waals surface area contributed by atoms with E-state index in [1.165, 1.54) is 51.7 Å². The minimum Gasteiger partial charge on any atom is -0.370 e. The third-order valence-corrected chi connectivity index (χ3v) is 9.62. The fraction of sp³-hybridized carbons (Fsp3) is 0.516. The first-order valence-corrected chi connectivity index (χ1v) is 16.0. The van der Waals surface area contributed by atoms with Crippen LogP contribution in [0, 0.1) is 11.8 Å². The molecule has 1 fully saturated rings. The van der Waals surface area contributed by atoms with E-state index in [1.54, 1.807) is 23.1 Å². The fourth-order valence-electron chi connectivity index (χ4n) is 6.06. The number of piperidine rings is 1. The van der Waals surface area contributed by atoms with Gasteiger partial charge in [0.25, 0.3) is 0 Å². The number of pyridine rings is 1. The lowest BCUT2D eigenvalue weighted by atomic mass is 9.88. The van der Waals surface area contributed by atoms with Crippen LogP contribution < -0.4 is 4.90 Å². The van der Waals surface area contributed by atoms with Gasteiger partial charge in [-0.05, 0) is 68.7 Å². The number of aromatic nitrogens is 3. The standard InChI is InChI=1S/C31H38N4OS2/c1-19(2)15-24-23-18-36-31(3,4)17-22(23)25-26-27(38-29(25)32-24)28(34-30(33-26)37-5)35-13-11-21(12-14-35)16-20-9-7-6-8-10-20/h6-10,19,21H,11-18H2,1-5H3. The summed E-state index contributed by atoms with van der Waals surface area (Å²) < 4.78 is 7.48. The van der Waals surface area contributed by atoms with Crippen LogP contribution in [0.5, 0.6) is 0 Å². The molecule has 6 rings (SSSR count). The maximum absolute atomic E-state index is 6.29. The lowest BCUT2D eigenvalue weighted by Gasteiger charge is -2.33. The minimum atomic E-state index is -0.191. The number of hydrogen-bond acceptors (Lipinski definition) is 7. The van der Waals surface area contributed by atoms with Crippen molar-refractivity contribution >= 4 is 49.3 Å². The molecule has 1 aromatic carbocycles. The quantitative estimate of drug-likeness (QED) is 0.185. The molecule has 0 N–H and O–H groups in total. The third kappa shape index (κ3) is 5.05. The molecule has 0 atom stereocenters. The second-order valence-corrected chi connectivity index (χ2v) is 13.7. The van der Waals surface area contributed by atoms with E-state index in [2.05, 4.69) is 69.2 Å². The summed E-state index contributed by atoms with van der Waals surface area (Å²) in [6.45, 7) is 11.7. The first-order valence-electron chi connectivity index (χ1n) is 13.9. The van der Waals surface area contributed by atoms with Crippen molar-refractivity contribution in [1.82, 2.24) is 15.0 Å². The summed E-state index contributed by atoms with van der Waals surface area (Å²) in [6.07, 6.45) is 7.49. The van der Waals surface area contributed by atoms with Gasteiger partial charge in [0.1, 0.15) is 4.83 Å². The van der Waals surface area contributed by atoms with Gasteiger partial charge >= 0.3 is 0 Å². The van der Waals surface area contributed by atoms with Crippen molar-refractivity contribution in [2.75, 3.05) is 24.2 Å². The molecule has 5 heterocycles. The van der Waals surface area contributed by atoms with E-state index in [-0.39, 0.29) is 5.60 Å². The van der Waals surface area contributed by atoms with Gasteiger partial charge < -0.3 is 9.64 Å². The van der Waals surface area contributed by atoms with E-state index in [1.807, 2.05) is 0 Å². The first kappa shape index (κ1) is 26.0. The molecule has 38 heavy (non-hydrogen) atoms. The van der Waals surface area contributed by atoms with Gasteiger partial charge in [-0.15, -0.1) is 11.3 Å². The number of ether oxygens (including phenoxy) is 1. The Morgan fingerprint density at radius 3 is 2.55 bits per heavy atom. The molecule has 0 bridgehead atoms. The van der Waals surface area contributed by atoms with E-state index in [0.29, 0.717) is 12.5 Å². The van der Waals surface area contributed by atoms with Gasteiger partial charge in [-0.2, -0.15) is 0 Å². The molecule has 0 spiro atoms. The molecular weight excluding hydrogens is 509 g/mol. The maximum atomic E-state index is 6.29. The largest absolute Gasteiger partial charge is 0.370 e. The first-order chi connectivity index (χ1) is 18.3. The molecule has 0 radical (unpaired) electrons. The van der Waals surface area contributed by atoms with Gasteiger partial charge in [0.2, 0.25) is 0 Å². The van der Waals surface area contributed by atoms with Crippen LogP contribution in [0.1, 0.15) is 62.9 Å². The van der Waals surface area contributed by atoms with Gasteiger partial charge in [0, 0.05) is 36.2 Å². The molecule has 7 heteroatoms. The Morgan fingerprint density at radius 1 is 1.08 bits per heavy atom. The smallest absolute Gasteiger partial charge is 0.189 e. The number of nitrogens with zero attached hydrogens (tertiary/aromatic N) is 4. The predicted molar refractivity (Wildman–Crippen MR) is 161 cm³/mol. The van der Waals surface area contributed by atoms with E-state index < -0.39 is 0 Å². The summed E-state index contributed by atoms with van der Waals surface area (Å²) in [5.41, 5.74) is 6.23. The van der Waals surface area contributed by atoms with Crippen LogP contribution in [0.2, 0.25) is 0 Å².